The number of ether oxygens (including phenoxy) is 1. The number of amides is 2. The third-order valence-corrected chi connectivity index (χ3v) is 5.04. The van der Waals surface area contributed by atoms with Gasteiger partial charge in [0.15, 0.2) is 0 Å². The number of benzene rings is 3. The first kappa shape index (κ1) is 19.5. The van der Waals surface area contributed by atoms with E-state index in [0.29, 0.717) is 22.6 Å². The number of aryl methyl sites for hydroxylation is 2. The first-order chi connectivity index (χ1) is 14.5. The molecule has 0 saturated carbocycles. The first-order valence-corrected chi connectivity index (χ1v) is 9.66. The molecular weight excluding hydrogens is 376 g/mol. The zero-order valence-corrected chi connectivity index (χ0v) is 17.1. The summed E-state index contributed by atoms with van der Waals surface area (Å²) in [4.78, 5) is 28.0. The molecule has 0 spiro atoms. The van der Waals surface area contributed by atoms with Gasteiger partial charge in [-0.2, -0.15) is 0 Å². The van der Waals surface area contributed by atoms with E-state index in [-0.39, 0.29) is 17.5 Å². The van der Waals surface area contributed by atoms with Gasteiger partial charge >= 0.3 is 0 Å². The van der Waals surface area contributed by atoms with Crippen LogP contribution in [0.25, 0.3) is 5.57 Å². The van der Waals surface area contributed by atoms with Crippen LogP contribution in [-0.4, -0.2) is 18.9 Å². The highest BCUT2D eigenvalue weighted by Gasteiger charge is 2.40. The van der Waals surface area contributed by atoms with Crippen molar-refractivity contribution in [1.82, 2.24) is 0 Å². The normalized spacial score (nSPS) is 13.8. The lowest BCUT2D eigenvalue weighted by Crippen LogP contribution is -2.32. The summed E-state index contributed by atoms with van der Waals surface area (Å²) in [6.45, 7) is 3.94. The standard InChI is InChI=1S/C25H22N2O3/c1-16-7-11-20(12-8-16)27-24(28)22(18-9-13-21(30-3)14-10-18)23(25(27)29)26-19-6-4-5-17(2)15-19/h4-15,26H,1-3H3. The van der Waals surface area contributed by atoms with Gasteiger partial charge < -0.3 is 10.1 Å². The zero-order chi connectivity index (χ0) is 21.3. The Balaban J connectivity index is 1.81. The van der Waals surface area contributed by atoms with E-state index in [2.05, 4.69) is 5.32 Å². The summed E-state index contributed by atoms with van der Waals surface area (Å²) in [5.41, 5.74) is 4.66. The predicted octanol–water partition coefficient (Wildman–Crippen LogP) is 4.71. The summed E-state index contributed by atoms with van der Waals surface area (Å²) in [6.07, 6.45) is 0. The summed E-state index contributed by atoms with van der Waals surface area (Å²) in [6, 6.07) is 22.2. The van der Waals surface area contributed by atoms with Crippen LogP contribution >= 0.6 is 0 Å². The second kappa shape index (κ2) is 7.87. The molecule has 5 heteroatoms. The average molecular weight is 398 g/mol. The van der Waals surface area contributed by atoms with E-state index >= 15 is 0 Å². The van der Waals surface area contributed by atoms with Gasteiger partial charge in [-0.1, -0.05) is 42.0 Å². The van der Waals surface area contributed by atoms with Crippen molar-refractivity contribution in [3.63, 3.8) is 0 Å². The SMILES string of the molecule is COc1ccc(C2=C(Nc3cccc(C)c3)C(=O)N(c3ccc(C)cc3)C2=O)cc1. The van der Waals surface area contributed by atoms with Crippen LogP contribution in [-0.2, 0) is 9.59 Å². The average Bonchev–Trinajstić information content (AvgIpc) is 2.98. The van der Waals surface area contributed by atoms with Gasteiger partial charge in [-0.25, -0.2) is 4.90 Å². The number of anilines is 2. The highest BCUT2D eigenvalue weighted by molar-refractivity contribution is 6.46. The molecule has 5 nitrogen and oxygen atoms in total. The van der Waals surface area contributed by atoms with Gasteiger partial charge in [-0.3, -0.25) is 9.59 Å². The summed E-state index contributed by atoms with van der Waals surface area (Å²) in [7, 11) is 1.59. The molecule has 0 fully saturated rings. The number of methoxy groups -OCH3 is 1. The molecule has 2 amide bonds. The van der Waals surface area contributed by atoms with Gasteiger partial charge in [0.05, 0.1) is 18.4 Å². The fraction of sp³-hybridized carbons (Fsp3) is 0.120. The molecule has 3 aromatic rings. The molecular formula is C25H22N2O3. The Kier molecular flexibility index (Phi) is 5.11. The molecule has 0 radical (unpaired) electrons. The molecule has 0 atom stereocenters. The van der Waals surface area contributed by atoms with Crippen LogP contribution in [0.5, 0.6) is 5.75 Å². The van der Waals surface area contributed by atoms with Crippen molar-refractivity contribution >= 4 is 28.8 Å². The maximum absolute atomic E-state index is 13.4. The quantitative estimate of drug-likeness (QED) is 0.633. The predicted molar refractivity (Wildman–Crippen MR) is 118 cm³/mol. The molecule has 1 heterocycles. The highest BCUT2D eigenvalue weighted by atomic mass is 16.5. The molecule has 30 heavy (non-hydrogen) atoms. The maximum atomic E-state index is 13.4. The molecule has 1 N–H and O–H groups in total. The summed E-state index contributed by atoms with van der Waals surface area (Å²) in [5.74, 6) is -0.0555. The van der Waals surface area contributed by atoms with Crippen molar-refractivity contribution in [2.75, 3.05) is 17.3 Å². The second-order valence-corrected chi connectivity index (χ2v) is 7.25. The Morgan fingerprint density at radius 1 is 0.800 bits per heavy atom. The lowest BCUT2D eigenvalue weighted by Gasteiger charge is -2.15. The van der Waals surface area contributed by atoms with Crippen LogP contribution in [0.3, 0.4) is 0 Å². The summed E-state index contributed by atoms with van der Waals surface area (Å²) < 4.78 is 5.22. The van der Waals surface area contributed by atoms with E-state index in [4.69, 9.17) is 4.74 Å². The number of hydrogen-bond donors (Lipinski definition) is 1. The largest absolute Gasteiger partial charge is 0.497 e. The van der Waals surface area contributed by atoms with Crippen LogP contribution in [0, 0.1) is 13.8 Å². The Morgan fingerprint density at radius 3 is 2.13 bits per heavy atom. The molecule has 4 rings (SSSR count). The first-order valence-electron chi connectivity index (χ1n) is 9.66. The minimum absolute atomic E-state index is 0.261. The molecule has 0 unspecified atom stereocenters. The Morgan fingerprint density at radius 2 is 1.50 bits per heavy atom. The van der Waals surface area contributed by atoms with E-state index in [9.17, 15) is 9.59 Å². The Hall–Kier alpha value is -3.86. The van der Waals surface area contributed by atoms with Gasteiger partial charge in [0.2, 0.25) is 0 Å². The number of nitrogens with zero attached hydrogens (tertiary/aromatic N) is 1. The van der Waals surface area contributed by atoms with E-state index in [1.165, 1.54) is 4.90 Å². The second-order valence-electron chi connectivity index (χ2n) is 7.25. The molecule has 1 aliphatic heterocycles. The Bertz CT molecular complexity index is 1150. The number of rotatable bonds is 5. The molecule has 3 aromatic carbocycles. The van der Waals surface area contributed by atoms with Gasteiger partial charge in [0.1, 0.15) is 11.4 Å². The van der Waals surface area contributed by atoms with Crippen LogP contribution in [0.2, 0.25) is 0 Å². The maximum Gasteiger partial charge on any atom is 0.282 e. The molecule has 0 saturated heterocycles. The van der Waals surface area contributed by atoms with Crippen LogP contribution in [0.1, 0.15) is 16.7 Å². The van der Waals surface area contributed by atoms with Crippen molar-refractivity contribution in [1.29, 1.82) is 0 Å². The highest BCUT2D eigenvalue weighted by Crippen LogP contribution is 2.34. The molecule has 150 valence electrons. The minimum Gasteiger partial charge on any atom is -0.497 e. The van der Waals surface area contributed by atoms with Crippen LogP contribution in [0.15, 0.2) is 78.5 Å². The van der Waals surface area contributed by atoms with Gasteiger partial charge in [0, 0.05) is 5.69 Å². The fourth-order valence-corrected chi connectivity index (χ4v) is 3.47. The number of imide groups is 1. The van der Waals surface area contributed by atoms with E-state index in [1.807, 2.05) is 50.2 Å². The zero-order valence-electron chi connectivity index (χ0n) is 17.1. The smallest absolute Gasteiger partial charge is 0.282 e. The van der Waals surface area contributed by atoms with Crippen molar-refractivity contribution < 1.29 is 14.3 Å². The van der Waals surface area contributed by atoms with E-state index in [0.717, 1.165) is 16.8 Å². The topological polar surface area (TPSA) is 58.6 Å². The van der Waals surface area contributed by atoms with Crippen molar-refractivity contribution in [3.05, 3.63) is 95.2 Å². The van der Waals surface area contributed by atoms with Gasteiger partial charge in [-0.15, -0.1) is 0 Å². The van der Waals surface area contributed by atoms with Crippen molar-refractivity contribution in [3.8, 4) is 5.75 Å². The van der Waals surface area contributed by atoms with Crippen molar-refractivity contribution in [2.45, 2.75) is 13.8 Å². The number of carbonyl (C=O) groups excluding carboxylic acids is 2. The number of hydrogen-bond acceptors (Lipinski definition) is 4. The van der Waals surface area contributed by atoms with E-state index < -0.39 is 0 Å². The van der Waals surface area contributed by atoms with Crippen LogP contribution < -0.4 is 15.0 Å². The fourth-order valence-electron chi connectivity index (χ4n) is 3.47. The number of carbonyl (C=O) groups is 2. The number of nitrogens with one attached hydrogen (secondary N) is 1. The summed E-state index contributed by atoms with van der Waals surface area (Å²) in [5, 5.41) is 3.19. The minimum atomic E-state index is -0.379. The third-order valence-electron chi connectivity index (χ3n) is 5.04. The lowest BCUT2D eigenvalue weighted by molar-refractivity contribution is -0.120. The third kappa shape index (κ3) is 3.57. The molecule has 0 bridgehead atoms. The Labute approximate surface area is 175 Å². The molecule has 0 aromatic heterocycles. The monoisotopic (exact) mass is 398 g/mol. The lowest BCUT2D eigenvalue weighted by atomic mass is 10.0. The summed E-state index contributed by atoms with van der Waals surface area (Å²) >= 11 is 0. The van der Waals surface area contributed by atoms with Crippen LogP contribution in [0.4, 0.5) is 11.4 Å². The molecule has 1 aliphatic rings. The van der Waals surface area contributed by atoms with Gasteiger partial charge in [0.25, 0.3) is 11.8 Å². The molecule has 0 aliphatic carbocycles. The van der Waals surface area contributed by atoms with E-state index in [1.54, 1.807) is 43.5 Å². The van der Waals surface area contributed by atoms with Crippen molar-refractivity contribution in [2.24, 2.45) is 0 Å². The van der Waals surface area contributed by atoms with Gasteiger partial charge in [-0.05, 0) is 61.4 Å².